The van der Waals surface area contributed by atoms with Gasteiger partial charge in [0, 0.05) is 19.6 Å². The lowest BCUT2D eigenvalue weighted by atomic mass is 10.2. The summed E-state index contributed by atoms with van der Waals surface area (Å²) in [4.78, 5) is 2.51. The fourth-order valence-electron chi connectivity index (χ4n) is 2.79. The van der Waals surface area contributed by atoms with Gasteiger partial charge in [0.1, 0.15) is 12.4 Å². The van der Waals surface area contributed by atoms with Crippen molar-refractivity contribution in [3.63, 3.8) is 0 Å². The quantitative estimate of drug-likeness (QED) is 0.907. The molecule has 0 radical (unpaired) electrons. The first-order valence-electron chi connectivity index (χ1n) is 8.09. The average molecular weight is 333 g/mol. The zero-order valence-corrected chi connectivity index (χ0v) is 14.2. The van der Waals surface area contributed by atoms with Crippen molar-refractivity contribution in [3.05, 3.63) is 65.7 Å². The highest BCUT2D eigenvalue weighted by Gasteiger charge is 2.09. The Morgan fingerprint density at radius 2 is 1.74 bits per heavy atom. The molecule has 0 unspecified atom stereocenters. The summed E-state index contributed by atoms with van der Waals surface area (Å²) in [6.45, 7) is 6.14. The molecule has 0 aliphatic carbocycles. The fraction of sp³-hybridized carbons (Fsp3) is 0.368. The lowest BCUT2D eigenvalue weighted by Crippen LogP contribution is -2.27. The largest absolute Gasteiger partial charge is 0.489 e. The first-order chi connectivity index (χ1) is 10.9. The van der Waals surface area contributed by atoms with Crippen LogP contribution in [0, 0.1) is 0 Å². The van der Waals surface area contributed by atoms with Crippen molar-refractivity contribution in [1.82, 2.24) is 10.2 Å². The molecule has 23 heavy (non-hydrogen) atoms. The van der Waals surface area contributed by atoms with Crippen molar-refractivity contribution in [3.8, 4) is 5.75 Å². The molecule has 0 atom stereocenters. The van der Waals surface area contributed by atoms with E-state index in [9.17, 15) is 0 Å². The number of halogens is 1. The monoisotopic (exact) mass is 332 g/mol. The number of benzene rings is 2. The Morgan fingerprint density at radius 3 is 2.61 bits per heavy atom. The normalized spacial score (nSPS) is 15.5. The molecule has 1 fully saturated rings. The Hall–Kier alpha value is -1.55. The summed E-state index contributed by atoms with van der Waals surface area (Å²) in [6.07, 6.45) is 1.23. The molecule has 0 amide bonds. The van der Waals surface area contributed by atoms with Gasteiger partial charge in [0.15, 0.2) is 0 Å². The van der Waals surface area contributed by atoms with Gasteiger partial charge >= 0.3 is 0 Å². The highest BCUT2D eigenvalue weighted by Crippen LogP contribution is 2.17. The Morgan fingerprint density at radius 1 is 0.913 bits per heavy atom. The molecule has 3 nitrogen and oxygen atoms in total. The van der Waals surface area contributed by atoms with Gasteiger partial charge in [0.25, 0.3) is 0 Å². The van der Waals surface area contributed by atoms with Crippen LogP contribution in [0.5, 0.6) is 5.75 Å². The van der Waals surface area contributed by atoms with Gasteiger partial charge in [0.05, 0.1) is 0 Å². The van der Waals surface area contributed by atoms with Gasteiger partial charge in [0.2, 0.25) is 0 Å². The van der Waals surface area contributed by atoms with E-state index < -0.39 is 0 Å². The lowest BCUT2D eigenvalue weighted by Gasteiger charge is -2.19. The molecule has 4 heteroatoms. The van der Waals surface area contributed by atoms with Crippen LogP contribution in [-0.4, -0.2) is 31.1 Å². The van der Waals surface area contributed by atoms with Crippen LogP contribution < -0.4 is 10.1 Å². The van der Waals surface area contributed by atoms with Gasteiger partial charge in [-0.1, -0.05) is 42.5 Å². The zero-order chi connectivity index (χ0) is 15.0. The highest BCUT2D eigenvalue weighted by molar-refractivity contribution is 5.85. The second-order valence-corrected chi connectivity index (χ2v) is 5.80. The number of rotatable bonds is 5. The summed E-state index contributed by atoms with van der Waals surface area (Å²) in [6, 6.07) is 18.8. The minimum atomic E-state index is 0. The van der Waals surface area contributed by atoms with E-state index in [4.69, 9.17) is 4.74 Å². The zero-order valence-electron chi connectivity index (χ0n) is 13.4. The van der Waals surface area contributed by atoms with Gasteiger partial charge in [-0.25, -0.2) is 0 Å². The highest BCUT2D eigenvalue weighted by atomic mass is 35.5. The molecule has 1 heterocycles. The predicted molar refractivity (Wildman–Crippen MR) is 97.2 cm³/mol. The molecule has 1 aliphatic rings. The first kappa shape index (κ1) is 17.8. The maximum absolute atomic E-state index is 5.92. The Balaban J connectivity index is 0.00000192. The Bertz CT molecular complexity index is 569. The number of nitrogens with one attached hydrogen (secondary N) is 1. The third-order valence-electron chi connectivity index (χ3n) is 3.99. The summed E-state index contributed by atoms with van der Waals surface area (Å²) in [5, 5.41) is 3.45. The second kappa shape index (κ2) is 9.56. The second-order valence-electron chi connectivity index (χ2n) is 5.80. The molecule has 0 spiro atoms. The molecule has 1 aliphatic heterocycles. The van der Waals surface area contributed by atoms with Crippen LogP contribution in [0.25, 0.3) is 0 Å². The van der Waals surface area contributed by atoms with Gasteiger partial charge in [-0.3, -0.25) is 4.90 Å². The van der Waals surface area contributed by atoms with Crippen molar-refractivity contribution >= 4 is 12.4 Å². The van der Waals surface area contributed by atoms with Gasteiger partial charge in [-0.05, 0) is 42.8 Å². The topological polar surface area (TPSA) is 24.5 Å². The smallest absolute Gasteiger partial charge is 0.120 e. The van der Waals surface area contributed by atoms with Crippen molar-refractivity contribution in [1.29, 1.82) is 0 Å². The molecule has 0 aromatic heterocycles. The van der Waals surface area contributed by atoms with E-state index in [1.54, 1.807) is 0 Å². The number of nitrogens with zero attached hydrogens (tertiary/aromatic N) is 1. The summed E-state index contributed by atoms with van der Waals surface area (Å²) in [5.41, 5.74) is 2.53. The van der Waals surface area contributed by atoms with Crippen LogP contribution in [0.4, 0.5) is 0 Å². The van der Waals surface area contributed by atoms with Crippen LogP contribution >= 0.6 is 12.4 Å². The minimum Gasteiger partial charge on any atom is -0.489 e. The van der Waals surface area contributed by atoms with E-state index in [2.05, 4.69) is 40.5 Å². The van der Waals surface area contributed by atoms with Crippen molar-refractivity contribution < 1.29 is 4.74 Å². The fourth-order valence-corrected chi connectivity index (χ4v) is 2.79. The van der Waals surface area contributed by atoms with Crippen LogP contribution in [0.1, 0.15) is 17.5 Å². The van der Waals surface area contributed by atoms with Gasteiger partial charge in [-0.15, -0.1) is 12.4 Å². The maximum atomic E-state index is 5.92. The summed E-state index contributed by atoms with van der Waals surface area (Å²) in [7, 11) is 0. The lowest BCUT2D eigenvalue weighted by molar-refractivity contribution is 0.281. The molecule has 3 rings (SSSR count). The average Bonchev–Trinajstić information content (AvgIpc) is 2.83. The molecule has 2 aromatic rings. The SMILES string of the molecule is Cl.c1ccc(COc2cccc(CN3CCCNCC3)c2)cc1. The van der Waals surface area contributed by atoms with E-state index in [-0.39, 0.29) is 12.4 Å². The minimum absolute atomic E-state index is 0. The van der Waals surface area contributed by atoms with Gasteiger partial charge < -0.3 is 10.1 Å². The van der Waals surface area contributed by atoms with E-state index >= 15 is 0 Å². The standard InChI is InChI=1S/C19H24N2O.ClH/c1-2-6-17(7-3-1)16-22-19-9-4-8-18(14-19)15-21-12-5-10-20-11-13-21;/h1-4,6-9,14,20H,5,10-13,15-16H2;1H. The van der Waals surface area contributed by atoms with E-state index in [0.717, 1.165) is 31.9 Å². The van der Waals surface area contributed by atoms with Crippen molar-refractivity contribution in [2.24, 2.45) is 0 Å². The molecule has 2 aromatic carbocycles. The number of hydrogen-bond acceptors (Lipinski definition) is 3. The van der Waals surface area contributed by atoms with E-state index in [0.29, 0.717) is 6.61 Å². The van der Waals surface area contributed by atoms with Crippen molar-refractivity contribution in [2.75, 3.05) is 26.2 Å². The number of hydrogen-bond donors (Lipinski definition) is 1. The molecule has 124 valence electrons. The third kappa shape index (κ3) is 5.87. The summed E-state index contributed by atoms with van der Waals surface area (Å²) >= 11 is 0. The molecule has 1 N–H and O–H groups in total. The van der Waals surface area contributed by atoms with Crippen LogP contribution in [0.2, 0.25) is 0 Å². The van der Waals surface area contributed by atoms with Crippen LogP contribution in [-0.2, 0) is 13.2 Å². The van der Waals surface area contributed by atoms with E-state index in [1.807, 2.05) is 24.3 Å². The predicted octanol–water partition coefficient (Wildman–Crippen LogP) is 3.48. The Labute approximate surface area is 145 Å². The van der Waals surface area contributed by atoms with Gasteiger partial charge in [-0.2, -0.15) is 0 Å². The first-order valence-corrected chi connectivity index (χ1v) is 8.09. The molecular formula is C19H25ClN2O. The van der Waals surface area contributed by atoms with Crippen LogP contribution in [0.3, 0.4) is 0 Å². The molecule has 1 saturated heterocycles. The molecule has 0 saturated carbocycles. The molecular weight excluding hydrogens is 308 g/mol. The van der Waals surface area contributed by atoms with Crippen molar-refractivity contribution in [2.45, 2.75) is 19.6 Å². The maximum Gasteiger partial charge on any atom is 0.120 e. The molecule has 0 bridgehead atoms. The third-order valence-corrected chi connectivity index (χ3v) is 3.99. The Kier molecular flexibility index (Phi) is 7.40. The van der Waals surface area contributed by atoms with E-state index in [1.165, 1.54) is 24.1 Å². The summed E-state index contributed by atoms with van der Waals surface area (Å²) in [5.74, 6) is 0.953. The number of ether oxygens (including phenoxy) is 1. The van der Waals surface area contributed by atoms with Crippen LogP contribution in [0.15, 0.2) is 54.6 Å². The summed E-state index contributed by atoms with van der Waals surface area (Å²) < 4.78 is 5.92.